The maximum atomic E-state index is 12.1. The Hall–Kier alpha value is -1.68. The van der Waals surface area contributed by atoms with E-state index in [0.717, 1.165) is 0 Å². The molecule has 1 heterocycles. The molecule has 4 nitrogen and oxygen atoms in total. The molecule has 0 fully saturated rings. The summed E-state index contributed by atoms with van der Waals surface area (Å²) in [7, 11) is 1.63. The Morgan fingerprint density at radius 2 is 1.61 bits per heavy atom. The molecule has 0 saturated carbocycles. The van der Waals surface area contributed by atoms with E-state index in [4.69, 9.17) is 4.74 Å². The Bertz CT molecular complexity index is 459. The fraction of sp³-hybridized carbons (Fsp3) is 0.429. The van der Waals surface area contributed by atoms with Crippen molar-refractivity contribution in [3.05, 3.63) is 35.4 Å². The second-order valence-electron chi connectivity index (χ2n) is 5.02. The minimum atomic E-state index is -0.338. The molecule has 0 unspecified atom stereocenters. The lowest BCUT2D eigenvalue weighted by Crippen LogP contribution is -2.35. The molecule has 18 heavy (non-hydrogen) atoms. The largest absolute Gasteiger partial charge is 0.379 e. The molecule has 1 aliphatic rings. The molecule has 2 rings (SSSR count). The van der Waals surface area contributed by atoms with Crippen LogP contribution in [0.4, 0.5) is 0 Å². The lowest BCUT2D eigenvalue weighted by molar-refractivity contribution is 0.00911. The number of benzene rings is 1. The smallest absolute Gasteiger partial charge is 0.261 e. The maximum Gasteiger partial charge on any atom is 0.261 e. The number of rotatable bonds is 4. The number of fused-ring (bicyclic) bond motifs is 1. The third-order valence-electron chi connectivity index (χ3n) is 3.37. The first kappa shape index (κ1) is 12.8. The third kappa shape index (κ3) is 2.16. The van der Waals surface area contributed by atoms with Gasteiger partial charge in [0.05, 0.1) is 16.7 Å². The number of carbonyl (C=O) groups excluding carboxylic acids is 2. The highest BCUT2D eigenvalue weighted by atomic mass is 16.5. The van der Waals surface area contributed by atoms with Gasteiger partial charge in [-0.3, -0.25) is 14.5 Å². The zero-order chi connectivity index (χ0) is 13.3. The molecule has 1 aromatic rings. The highest BCUT2D eigenvalue weighted by molar-refractivity contribution is 6.21. The molecule has 0 radical (unpaired) electrons. The van der Waals surface area contributed by atoms with Gasteiger partial charge in [-0.1, -0.05) is 12.1 Å². The van der Waals surface area contributed by atoms with Gasteiger partial charge in [0, 0.05) is 13.7 Å². The van der Waals surface area contributed by atoms with E-state index in [1.165, 1.54) is 4.90 Å². The van der Waals surface area contributed by atoms with E-state index in [-0.39, 0.29) is 17.4 Å². The first-order chi connectivity index (χ1) is 8.46. The number of hydrogen-bond acceptors (Lipinski definition) is 3. The highest BCUT2D eigenvalue weighted by Crippen LogP contribution is 2.24. The summed E-state index contributed by atoms with van der Waals surface area (Å²) in [5, 5.41) is 0. The number of amides is 2. The van der Waals surface area contributed by atoms with Gasteiger partial charge in [0.25, 0.3) is 11.8 Å². The zero-order valence-electron chi connectivity index (χ0n) is 10.9. The molecule has 4 heteroatoms. The molecule has 1 aromatic carbocycles. The minimum absolute atomic E-state index is 0.206. The van der Waals surface area contributed by atoms with Crippen LogP contribution >= 0.6 is 0 Å². The van der Waals surface area contributed by atoms with E-state index in [2.05, 4.69) is 0 Å². The molecular weight excluding hydrogens is 230 g/mol. The van der Waals surface area contributed by atoms with Crippen LogP contribution in [-0.4, -0.2) is 36.0 Å². The van der Waals surface area contributed by atoms with Crippen molar-refractivity contribution in [1.82, 2.24) is 4.90 Å². The number of ether oxygens (including phenoxy) is 1. The molecule has 0 spiro atoms. The summed E-state index contributed by atoms with van der Waals surface area (Å²) in [5.41, 5.74) is 0.658. The van der Waals surface area contributed by atoms with Crippen molar-refractivity contribution in [1.29, 1.82) is 0 Å². The van der Waals surface area contributed by atoms with Gasteiger partial charge in [0.1, 0.15) is 0 Å². The van der Waals surface area contributed by atoms with Gasteiger partial charge in [-0.25, -0.2) is 0 Å². The van der Waals surface area contributed by atoms with Crippen LogP contribution in [-0.2, 0) is 4.74 Å². The van der Waals surface area contributed by atoms with E-state index in [9.17, 15) is 9.59 Å². The van der Waals surface area contributed by atoms with Crippen molar-refractivity contribution in [3.8, 4) is 0 Å². The molecular formula is C14H17NO3. The van der Waals surface area contributed by atoms with E-state index in [1.54, 1.807) is 31.4 Å². The predicted molar refractivity (Wildman–Crippen MR) is 67.5 cm³/mol. The Morgan fingerprint density at radius 1 is 1.11 bits per heavy atom. The van der Waals surface area contributed by atoms with Crippen LogP contribution in [0.5, 0.6) is 0 Å². The van der Waals surface area contributed by atoms with E-state index >= 15 is 0 Å². The first-order valence-electron chi connectivity index (χ1n) is 5.96. The Balaban J connectivity index is 2.14. The van der Waals surface area contributed by atoms with Crippen LogP contribution in [0.3, 0.4) is 0 Å². The minimum Gasteiger partial charge on any atom is -0.379 e. The SMILES string of the molecule is COC(C)(C)CCN1C(=O)c2ccccc2C1=O. The fourth-order valence-electron chi connectivity index (χ4n) is 1.93. The van der Waals surface area contributed by atoms with Gasteiger partial charge < -0.3 is 4.74 Å². The van der Waals surface area contributed by atoms with E-state index in [0.29, 0.717) is 24.1 Å². The van der Waals surface area contributed by atoms with Gasteiger partial charge in [0.2, 0.25) is 0 Å². The average molecular weight is 247 g/mol. The van der Waals surface area contributed by atoms with Crippen LogP contribution in [0.1, 0.15) is 41.0 Å². The van der Waals surface area contributed by atoms with Crippen LogP contribution in [0.2, 0.25) is 0 Å². The van der Waals surface area contributed by atoms with Gasteiger partial charge in [-0.2, -0.15) is 0 Å². The van der Waals surface area contributed by atoms with Gasteiger partial charge in [0.15, 0.2) is 0 Å². The number of nitrogens with zero attached hydrogens (tertiary/aromatic N) is 1. The summed E-state index contributed by atoms with van der Waals surface area (Å²) >= 11 is 0. The first-order valence-corrected chi connectivity index (χ1v) is 5.96. The zero-order valence-corrected chi connectivity index (χ0v) is 10.9. The van der Waals surface area contributed by atoms with Crippen molar-refractivity contribution in [2.75, 3.05) is 13.7 Å². The maximum absolute atomic E-state index is 12.1. The second-order valence-corrected chi connectivity index (χ2v) is 5.02. The van der Waals surface area contributed by atoms with Gasteiger partial charge in [-0.15, -0.1) is 0 Å². The number of methoxy groups -OCH3 is 1. The van der Waals surface area contributed by atoms with Gasteiger partial charge >= 0.3 is 0 Å². The lowest BCUT2D eigenvalue weighted by atomic mass is 10.1. The number of imide groups is 1. The average Bonchev–Trinajstić information content (AvgIpc) is 2.61. The highest BCUT2D eigenvalue weighted by Gasteiger charge is 2.35. The summed E-state index contributed by atoms with van der Waals surface area (Å²) in [6.45, 7) is 4.25. The lowest BCUT2D eigenvalue weighted by Gasteiger charge is -2.25. The Labute approximate surface area is 107 Å². The van der Waals surface area contributed by atoms with Crippen molar-refractivity contribution in [2.24, 2.45) is 0 Å². The van der Waals surface area contributed by atoms with Crippen LogP contribution < -0.4 is 0 Å². The standard InChI is InChI=1S/C14H17NO3/c1-14(2,18-3)8-9-15-12(16)10-6-4-5-7-11(10)13(15)17/h4-7H,8-9H2,1-3H3. The monoisotopic (exact) mass is 247 g/mol. The topological polar surface area (TPSA) is 46.6 Å². The summed E-state index contributed by atoms with van der Waals surface area (Å²) in [5.74, 6) is -0.412. The normalized spacial score (nSPS) is 15.2. The summed E-state index contributed by atoms with van der Waals surface area (Å²) in [6.07, 6.45) is 0.620. The van der Waals surface area contributed by atoms with Crippen LogP contribution in [0, 0.1) is 0 Å². The summed E-state index contributed by atoms with van der Waals surface area (Å²) < 4.78 is 5.30. The molecule has 0 N–H and O–H groups in total. The summed E-state index contributed by atoms with van der Waals surface area (Å²) in [6, 6.07) is 6.92. The number of carbonyl (C=O) groups is 2. The Morgan fingerprint density at radius 3 is 2.06 bits per heavy atom. The van der Waals surface area contributed by atoms with Crippen molar-refractivity contribution in [3.63, 3.8) is 0 Å². The number of hydrogen-bond donors (Lipinski definition) is 0. The molecule has 0 aliphatic carbocycles. The molecule has 2 amide bonds. The molecule has 0 atom stereocenters. The fourth-order valence-corrected chi connectivity index (χ4v) is 1.93. The second kappa shape index (κ2) is 4.53. The Kier molecular flexibility index (Phi) is 3.22. The van der Waals surface area contributed by atoms with Gasteiger partial charge in [-0.05, 0) is 32.4 Å². The van der Waals surface area contributed by atoms with Crippen molar-refractivity contribution < 1.29 is 14.3 Å². The molecule has 0 saturated heterocycles. The predicted octanol–water partition coefficient (Wildman–Crippen LogP) is 2.10. The quantitative estimate of drug-likeness (QED) is 0.765. The van der Waals surface area contributed by atoms with Crippen molar-refractivity contribution >= 4 is 11.8 Å². The third-order valence-corrected chi connectivity index (χ3v) is 3.37. The molecule has 0 bridgehead atoms. The molecule has 96 valence electrons. The van der Waals surface area contributed by atoms with Crippen LogP contribution in [0.25, 0.3) is 0 Å². The summed E-state index contributed by atoms with van der Waals surface area (Å²) in [4.78, 5) is 25.5. The van der Waals surface area contributed by atoms with Crippen molar-refractivity contribution in [2.45, 2.75) is 25.9 Å². The van der Waals surface area contributed by atoms with Crippen LogP contribution in [0.15, 0.2) is 24.3 Å². The molecule has 1 aliphatic heterocycles. The molecule has 0 aromatic heterocycles. The van der Waals surface area contributed by atoms with E-state index < -0.39 is 0 Å². The van der Waals surface area contributed by atoms with E-state index in [1.807, 2.05) is 13.8 Å².